The molecule has 1 saturated heterocycles. The highest BCUT2D eigenvalue weighted by atomic mass is 16.2. The van der Waals surface area contributed by atoms with Gasteiger partial charge in [-0.2, -0.15) is 5.26 Å². The SMILES string of the molecule is CC1=C(C(=O)N2CCN(C(=O)C3=C(C)CCC3)C(C#N)C2)CCC1. The molecule has 0 aromatic heterocycles. The molecule has 2 aliphatic carbocycles. The van der Waals surface area contributed by atoms with Crippen molar-refractivity contribution >= 4 is 11.8 Å². The van der Waals surface area contributed by atoms with Gasteiger partial charge in [-0.15, -0.1) is 0 Å². The monoisotopic (exact) mass is 327 g/mol. The number of piperazine rings is 1. The van der Waals surface area contributed by atoms with E-state index in [1.165, 1.54) is 5.57 Å². The molecule has 128 valence electrons. The summed E-state index contributed by atoms with van der Waals surface area (Å²) < 4.78 is 0. The van der Waals surface area contributed by atoms with Gasteiger partial charge in [0.15, 0.2) is 0 Å². The van der Waals surface area contributed by atoms with Crippen LogP contribution in [0, 0.1) is 11.3 Å². The Bertz CT molecular complexity index is 669. The van der Waals surface area contributed by atoms with Crippen molar-refractivity contribution in [3.63, 3.8) is 0 Å². The first-order valence-corrected chi connectivity index (χ1v) is 8.90. The van der Waals surface area contributed by atoms with Crippen LogP contribution in [0.2, 0.25) is 0 Å². The van der Waals surface area contributed by atoms with E-state index in [1.807, 2.05) is 13.8 Å². The van der Waals surface area contributed by atoms with Crippen molar-refractivity contribution in [2.75, 3.05) is 19.6 Å². The van der Waals surface area contributed by atoms with E-state index in [9.17, 15) is 14.9 Å². The third-order valence-electron chi connectivity index (χ3n) is 5.58. The third-order valence-corrected chi connectivity index (χ3v) is 5.58. The van der Waals surface area contributed by atoms with Crippen molar-refractivity contribution in [1.82, 2.24) is 9.80 Å². The summed E-state index contributed by atoms with van der Waals surface area (Å²) >= 11 is 0. The summed E-state index contributed by atoms with van der Waals surface area (Å²) in [5.41, 5.74) is 4.13. The first-order chi connectivity index (χ1) is 11.5. The van der Waals surface area contributed by atoms with Gasteiger partial charge in [-0.3, -0.25) is 9.59 Å². The second-order valence-corrected chi connectivity index (χ2v) is 7.12. The fraction of sp³-hybridized carbons (Fsp3) is 0.632. The molecule has 0 aromatic rings. The van der Waals surface area contributed by atoms with Crippen molar-refractivity contribution < 1.29 is 9.59 Å². The number of allylic oxidation sites excluding steroid dienone is 2. The van der Waals surface area contributed by atoms with Gasteiger partial charge in [0.05, 0.1) is 12.6 Å². The van der Waals surface area contributed by atoms with Crippen molar-refractivity contribution in [3.8, 4) is 6.07 Å². The lowest BCUT2D eigenvalue weighted by Gasteiger charge is -2.39. The highest BCUT2D eigenvalue weighted by Crippen LogP contribution is 2.30. The molecule has 0 radical (unpaired) electrons. The van der Waals surface area contributed by atoms with Gasteiger partial charge in [0.25, 0.3) is 5.91 Å². The Morgan fingerprint density at radius 2 is 1.54 bits per heavy atom. The average Bonchev–Trinajstić information content (AvgIpc) is 3.21. The molecule has 3 rings (SSSR count). The van der Waals surface area contributed by atoms with Crippen LogP contribution in [-0.2, 0) is 9.59 Å². The summed E-state index contributed by atoms with van der Waals surface area (Å²) in [7, 11) is 0. The fourth-order valence-electron chi connectivity index (χ4n) is 4.05. The third kappa shape index (κ3) is 2.98. The lowest BCUT2D eigenvalue weighted by molar-refractivity contribution is -0.137. The van der Waals surface area contributed by atoms with Gasteiger partial charge in [0, 0.05) is 24.2 Å². The van der Waals surface area contributed by atoms with Crippen LogP contribution in [-0.4, -0.2) is 47.3 Å². The van der Waals surface area contributed by atoms with E-state index in [0.29, 0.717) is 19.6 Å². The number of amides is 2. The van der Waals surface area contributed by atoms with Crippen molar-refractivity contribution in [1.29, 1.82) is 5.26 Å². The van der Waals surface area contributed by atoms with Gasteiger partial charge in [-0.05, 0) is 52.4 Å². The van der Waals surface area contributed by atoms with Gasteiger partial charge in [0.1, 0.15) is 6.04 Å². The number of carbonyl (C=O) groups excluding carboxylic acids is 2. The molecule has 0 saturated carbocycles. The Labute approximate surface area is 143 Å². The Kier molecular flexibility index (Phi) is 4.75. The van der Waals surface area contributed by atoms with Gasteiger partial charge >= 0.3 is 0 Å². The van der Waals surface area contributed by atoms with E-state index < -0.39 is 6.04 Å². The summed E-state index contributed by atoms with van der Waals surface area (Å²) in [4.78, 5) is 28.9. The molecule has 1 atom stereocenters. The first-order valence-electron chi connectivity index (χ1n) is 8.90. The van der Waals surface area contributed by atoms with Crippen LogP contribution >= 0.6 is 0 Å². The van der Waals surface area contributed by atoms with E-state index in [1.54, 1.807) is 9.80 Å². The Balaban J connectivity index is 1.72. The van der Waals surface area contributed by atoms with E-state index in [-0.39, 0.29) is 11.8 Å². The minimum absolute atomic E-state index is 0.0000820. The Hall–Kier alpha value is -2.09. The maximum absolute atomic E-state index is 12.8. The Morgan fingerprint density at radius 1 is 0.958 bits per heavy atom. The van der Waals surface area contributed by atoms with Crippen LogP contribution in [0.3, 0.4) is 0 Å². The molecule has 2 amide bonds. The molecule has 5 heteroatoms. The summed E-state index contributed by atoms with van der Waals surface area (Å²) in [5, 5.41) is 9.53. The molecule has 1 unspecified atom stereocenters. The number of hydrogen-bond acceptors (Lipinski definition) is 3. The van der Waals surface area contributed by atoms with Crippen LogP contribution in [0.4, 0.5) is 0 Å². The number of carbonyl (C=O) groups is 2. The summed E-state index contributed by atoms with van der Waals surface area (Å²) in [6.45, 7) is 5.33. The van der Waals surface area contributed by atoms with E-state index in [4.69, 9.17) is 0 Å². The summed E-state index contributed by atoms with van der Waals surface area (Å²) in [5.74, 6) is 0.0634. The maximum atomic E-state index is 12.8. The molecule has 24 heavy (non-hydrogen) atoms. The summed E-state index contributed by atoms with van der Waals surface area (Å²) in [6, 6.07) is 1.69. The molecule has 1 heterocycles. The fourth-order valence-corrected chi connectivity index (χ4v) is 4.05. The second-order valence-electron chi connectivity index (χ2n) is 7.12. The van der Waals surface area contributed by atoms with Crippen LogP contribution in [0.1, 0.15) is 52.4 Å². The number of hydrogen-bond donors (Lipinski definition) is 0. The van der Waals surface area contributed by atoms with E-state index in [0.717, 1.165) is 55.2 Å². The molecule has 1 aliphatic heterocycles. The van der Waals surface area contributed by atoms with Crippen LogP contribution in [0.5, 0.6) is 0 Å². The van der Waals surface area contributed by atoms with Gasteiger partial charge in [-0.25, -0.2) is 0 Å². The quantitative estimate of drug-likeness (QED) is 0.783. The number of rotatable bonds is 2. The minimum atomic E-state index is -0.543. The van der Waals surface area contributed by atoms with Crippen molar-refractivity contribution in [2.45, 2.75) is 58.4 Å². The zero-order valence-corrected chi connectivity index (χ0v) is 14.6. The predicted octanol–water partition coefficient (Wildman–Crippen LogP) is 2.55. The lowest BCUT2D eigenvalue weighted by atomic mass is 10.1. The minimum Gasteiger partial charge on any atom is -0.334 e. The van der Waals surface area contributed by atoms with Gasteiger partial charge in [0.2, 0.25) is 5.91 Å². The normalized spacial score (nSPS) is 24.6. The molecule has 0 N–H and O–H groups in total. The first kappa shape index (κ1) is 16.8. The highest BCUT2D eigenvalue weighted by molar-refractivity contribution is 5.96. The molecule has 0 spiro atoms. The standard InChI is InChI=1S/C19H25N3O2/c1-13-5-3-7-16(13)18(23)21-9-10-22(15(11-20)12-21)19(24)17-8-4-6-14(17)2/h15H,3-10,12H2,1-2H3. The zero-order valence-electron chi connectivity index (χ0n) is 14.6. The highest BCUT2D eigenvalue weighted by Gasteiger charge is 2.36. The van der Waals surface area contributed by atoms with Gasteiger partial charge in [-0.1, -0.05) is 11.1 Å². The molecular formula is C19H25N3O2. The van der Waals surface area contributed by atoms with Crippen LogP contribution < -0.4 is 0 Å². The molecular weight excluding hydrogens is 302 g/mol. The number of nitrogens with zero attached hydrogens (tertiary/aromatic N) is 3. The molecule has 3 aliphatic rings. The molecule has 0 aromatic carbocycles. The zero-order chi connectivity index (χ0) is 17.3. The molecule has 5 nitrogen and oxygen atoms in total. The largest absolute Gasteiger partial charge is 0.334 e. The van der Waals surface area contributed by atoms with Crippen LogP contribution in [0.25, 0.3) is 0 Å². The predicted molar refractivity (Wildman–Crippen MR) is 90.8 cm³/mol. The molecule has 0 bridgehead atoms. The molecule has 1 fully saturated rings. The number of nitriles is 1. The van der Waals surface area contributed by atoms with E-state index >= 15 is 0 Å². The summed E-state index contributed by atoms with van der Waals surface area (Å²) in [6.07, 6.45) is 5.69. The van der Waals surface area contributed by atoms with E-state index in [2.05, 4.69) is 6.07 Å². The van der Waals surface area contributed by atoms with Crippen molar-refractivity contribution in [3.05, 3.63) is 22.3 Å². The lowest BCUT2D eigenvalue weighted by Crippen LogP contribution is -2.56. The Morgan fingerprint density at radius 3 is 2.04 bits per heavy atom. The smallest absolute Gasteiger partial charge is 0.250 e. The second kappa shape index (κ2) is 6.80. The topological polar surface area (TPSA) is 64.4 Å². The maximum Gasteiger partial charge on any atom is 0.250 e. The van der Waals surface area contributed by atoms with Crippen molar-refractivity contribution in [2.24, 2.45) is 0 Å². The van der Waals surface area contributed by atoms with Crippen LogP contribution in [0.15, 0.2) is 22.3 Å². The van der Waals surface area contributed by atoms with Gasteiger partial charge < -0.3 is 9.80 Å². The average molecular weight is 327 g/mol.